The fourth-order valence-electron chi connectivity index (χ4n) is 4.00. The van der Waals surface area contributed by atoms with Crippen molar-refractivity contribution in [1.29, 1.82) is 0 Å². The van der Waals surface area contributed by atoms with E-state index in [0.717, 1.165) is 54.0 Å². The van der Waals surface area contributed by atoms with Gasteiger partial charge in [0, 0.05) is 30.1 Å². The van der Waals surface area contributed by atoms with Gasteiger partial charge in [-0.2, -0.15) is 5.10 Å². The highest BCUT2D eigenvalue weighted by molar-refractivity contribution is 5.96. The first-order valence-electron chi connectivity index (χ1n) is 9.69. The van der Waals surface area contributed by atoms with E-state index >= 15 is 0 Å². The van der Waals surface area contributed by atoms with Crippen molar-refractivity contribution in [2.24, 2.45) is 0 Å². The molecular weight excluding hydrogens is 334 g/mol. The van der Waals surface area contributed by atoms with Crippen molar-refractivity contribution in [2.45, 2.75) is 38.6 Å². The van der Waals surface area contributed by atoms with E-state index in [4.69, 9.17) is 0 Å². The average molecular weight is 359 g/mol. The highest BCUT2D eigenvalue weighted by Crippen LogP contribution is 2.33. The van der Waals surface area contributed by atoms with Gasteiger partial charge in [0.1, 0.15) is 0 Å². The van der Waals surface area contributed by atoms with Crippen LogP contribution in [0.15, 0.2) is 60.7 Å². The average Bonchev–Trinajstić information content (AvgIpc) is 3.11. The van der Waals surface area contributed by atoms with Gasteiger partial charge in [-0.25, -0.2) is 0 Å². The normalized spacial score (nSPS) is 17.1. The van der Waals surface area contributed by atoms with E-state index in [9.17, 15) is 4.79 Å². The number of carbonyl (C=O) groups is 1. The Balaban J connectivity index is 1.58. The van der Waals surface area contributed by atoms with Crippen LogP contribution >= 0.6 is 0 Å². The third-order valence-corrected chi connectivity index (χ3v) is 5.46. The van der Waals surface area contributed by atoms with Crippen LogP contribution in [0.4, 0.5) is 5.82 Å². The van der Waals surface area contributed by atoms with Crippen LogP contribution in [-0.2, 0) is 0 Å². The van der Waals surface area contributed by atoms with Gasteiger partial charge in [0.2, 0.25) is 0 Å². The molecule has 0 spiro atoms. The van der Waals surface area contributed by atoms with E-state index < -0.39 is 0 Å². The van der Waals surface area contributed by atoms with Gasteiger partial charge in [0.05, 0.1) is 5.69 Å². The third kappa shape index (κ3) is 3.65. The van der Waals surface area contributed by atoms with E-state index in [1.807, 2.05) is 48.5 Å². The minimum Gasteiger partial charge on any atom is -0.351 e. The Kier molecular flexibility index (Phi) is 5.05. The summed E-state index contributed by atoms with van der Waals surface area (Å²) >= 11 is 0. The third-order valence-electron chi connectivity index (χ3n) is 5.46. The molecular formula is C23H25N3O. The van der Waals surface area contributed by atoms with Crippen molar-refractivity contribution in [2.75, 3.05) is 11.4 Å². The van der Waals surface area contributed by atoms with Gasteiger partial charge in [-0.3, -0.25) is 9.89 Å². The van der Waals surface area contributed by atoms with Crippen molar-refractivity contribution >= 4 is 11.6 Å². The summed E-state index contributed by atoms with van der Waals surface area (Å²) in [4.78, 5) is 15.1. The number of Topliss-reactive ketones (excluding diaryl/α,β-unsaturated/α-hetero) is 1. The minimum atomic E-state index is 0.206. The lowest BCUT2D eigenvalue weighted by atomic mass is 9.94. The van der Waals surface area contributed by atoms with Crippen LogP contribution in [0.2, 0.25) is 0 Å². The summed E-state index contributed by atoms with van der Waals surface area (Å²) in [6.07, 6.45) is 3.88. The number of ketones is 1. The molecule has 0 saturated carbocycles. The first-order chi connectivity index (χ1) is 13.2. The number of aromatic nitrogens is 2. The molecule has 1 atom stereocenters. The van der Waals surface area contributed by atoms with E-state index in [2.05, 4.69) is 34.2 Å². The topological polar surface area (TPSA) is 49.0 Å². The van der Waals surface area contributed by atoms with Crippen LogP contribution in [0.25, 0.3) is 11.3 Å². The van der Waals surface area contributed by atoms with Gasteiger partial charge in [0.25, 0.3) is 0 Å². The molecule has 1 aromatic heterocycles. The van der Waals surface area contributed by atoms with Crippen molar-refractivity contribution in [3.63, 3.8) is 0 Å². The SMILES string of the molecule is Cc1c(N2CCCCC2CC(=O)c2ccccc2)n[nH]c1-c1ccccc1. The summed E-state index contributed by atoms with van der Waals surface area (Å²) in [7, 11) is 0. The van der Waals surface area contributed by atoms with E-state index in [1.165, 1.54) is 0 Å². The van der Waals surface area contributed by atoms with Crippen LogP contribution in [-0.4, -0.2) is 28.6 Å². The number of rotatable bonds is 5. The summed E-state index contributed by atoms with van der Waals surface area (Å²) < 4.78 is 0. The highest BCUT2D eigenvalue weighted by atomic mass is 16.1. The number of H-pyrrole nitrogens is 1. The minimum absolute atomic E-state index is 0.206. The number of hydrogen-bond donors (Lipinski definition) is 1. The smallest absolute Gasteiger partial charge is 0.164 e. The number of aromatic amines is 1. The fraction of sp³-hybridized carbons (Fsp3) is 0.304. The van der Waals surface area contributed by atoms with Crippen LogP contribution in [0, 0.1) is 6.92 Å². The molecule has 27 heavy (non-hydrogen) atoms. The summed E-state index contributed by atoms with van der Waals surface area (Å²) in [5.41, 5.74) is 4.15. The predicted molar refractivity (Wildman–Crippen MR) is 109 cm³/mol. The number of hydrogen-bond acceptors (Lipinski definition) is 3. The zero-order chi connectivity index (χ0) is 18.6. The largest absolute Gasteiger partial charge is 0.351 e. The summed E-state index contributed by atoms with van der Waals surface area (Å²) in [5.74, 6) is 1.20. The van der Waals surface area contributed by atoms with Crippen LogP contribution < -0.4 is 4.90 Å². The molecule has 2 heterocycles. The van der Waals surface area contributed by atoms with Gasteiger partial charge < -0.3 is 4.90 Å². The lowest BCUT2D eigenvalue weighted by Gasteiger charge is -2.36. The second-order valence-electron chi connectivity index (χ2n) is 7.25. The number of nitrogens with one attached hydrogen (secondary N) is 1. The predicted octanol–water partition coefficient (Wildman–Crippen LogP) is 5.02. The molecule has 1 saturated heterocycles. The molecule has 2 aromatic carbocycles. The van der Waals surface area contributed by atoms with Crippen LogP contribution in [0.5, 0.6) is 0 Å². The van der Waals surface area contributed by atoms with E-state index in [0.29, 0.717) is 6.42 Å². The molecule has 1 unspecified atom stereocenters. The maximum absolute atomic E-state index is 12.7. The summed E-state index contributed by atoms with van der Waals surface area (Å²) in [5, 5.41) is 7.85. The molecule has 0 bridgehead atoms. The van der Waals surface area contributed by atoms with Gasteiger partial charge in [-0.15, -0.1) is 0 Å². The molecule has 1 N–H and O–H groups in total. The Labute approximate surface area is 160 Å². The molecule has 0 radical (unpaired) electrons. The number of piperidine rings is 1. The highest BCUT2D eigenvalue weighted by Gasteiger charge is 2.28. The lowest BCUT2D eigenvalue weighted by molar-refractivity contribution is 0.0969. The Morgan fingerprint density at radius 1 is 1.07 bits per heavy atom. The molecule has 0 aliphatic carbocycles. The number of benzene rings is 2. The monoisotopic (exact) mass is 359 g/mol. The van der Waals surface area contributed by atoms with E-state index in [1.54, 1.807) is 0 Å². The molecule has 1 aliphatic rings. The zero-order valence-corrected chi connectivity index (χ0v) is 15.7. The quantitative estimate of drug-likeness (QED) is 0.651. The molecule has 0 amide bonds. The Morgan fingerprint density at radius 3 is 2.52 bits per heavy atom. The maximum Gasteiger partial charge on any atom is 0.164 e. The lowest BCUT2D eigenvalue weighted by Crippen LogP contribution is -2.41. The number of nitrogens with zero attached hydrogens (tertiary/aromatic N) is 2. The van der Waals surface area contributed by atoms with Crippen molar-refractivity contribution in [3.8, 4) is 11.3 Å². The molecule has 4 heteroatoms. The maximum atomic E-state index is 12.7. The van der Waals surface area contributed by atoms with Gasteiger partial charge in [-0.05, 0) is 31.7 Å². The van der Waals surface area contributed by atoms with Crippen LogP contribution in [0.1, 0.15) is 41.6 Å². The molecule has 3 aromatic rings. The first kappa shape index (κ1) is 17.5. The summed E-state index contributed by atoms with van der Waals surface area (Å²) in [6, 6.07) is 20.1. The second-order valence-corrected chi connectivity index (χ2v) is 7.25. The Bertz CT molecular complexity index is 902. The first-order valence-corrected chi connectivity index (χ1v) is 9.69. The molecule has 138 valence electrons. The van der Waals surface area contributed by atoms with Gasteiger partial charge in [-0.1, -0.05) is 60.7 Å². The Morgan fingerprint density at radius 2 is 1.78 bits per heavy atom. The summed E-state index contributed by atoms with van der Waals surface area (Å²) in [6.45, 7) is 3.07. The number of carbonyl (C=O) groups excluding carboxylic acids is 1. The number of anilines is 1. The van der Waals surface area contributed by atoms with Crippen molar-refractivity contribution < 1.29 is 4.79 Å². The molecule has 4 rings (SSSR count). The Hall–Kier alpha value is -2.88. The van der Waals surface area contributed by atoms with Crippen molar-refractivity contribution in [3.05, 3.63) is 71.8 Å². The zero-order valence-electron chi connectivity index (χ0n) is 15.7. The fourth-order valence-corrected chi connectivity index (χ4v) is 4.00. The standard InChI is InChI=1S/C23H25N3O/c1-17-22(19-12-6-3-7-13-19)24-25-23(17)26-15-9-8-14-20(26)16-21(27)18-10-4-2-5-11-18/h2-7,10-13,20H,8-9,14-16H2,1H3,(H,24,25). The van der Waals surface area contributed by atoms with Gasteiger partial charge >= 0.3 is 0 Å². The molecule has 1 aliphatic heterocycles. The van der Waals surface area contributed by atoms with Crippen LogP contribution in [0.3, 0.4) is 0 Å². The van der Waals surface area contributed by atoms with Gasteiger partial charge in [0.15, 0.2) is 11.6 Å². The van der Waals surface area contributed by atoms with E-state index in [-0.39, 0.29) is 11.8 Å². The second kappa shape index (κ2) is 7.78. The molecule has 4 nitrogen and oxygen atoms in total. The molecule has 1 fully saturated rings. The van der Waals surface area contributed by atoms with Crippen molar-refractivity contribution in [1.82, 2.24) is 10.2 Å².